The van der Waals surface area contributed by atoms with Crippen LogP contribution in [0.3, 0.4) is 0 Å². The highest BCUT2D eigenvalue weighted by Gasteiger charge is 2.43. The average molecular weight is 869 g/mol. The summed E-state index contributed by atoms with van der Waals surface area (Å²) >= 11 is 0. The number of carbonyl (C=O) groups excluding carboxylic acids is 7. The van der Waals surface area contributed by atoms with Gasteiger partial charge in [0.15, 0.2) is 5.96 Å². The van der Waals surface area contributed by atoms with Crippen molar-refractivity contribution in [3.8, 4) is 0 Å². The van der Waals surface area contributed by atoms with Crippen molar-refractivity contribution >= 4 is 47.3 Å². The molecule has 340 valence electrons. The topological polar surface area (TPSA) is 248 Å². The van der Waals surface area contributed by atoms with E-state index in [1.807, 2.05) is 54.6 Å². The number of guanidine groups is 1. The summed E-state index contributed by atoms with van der Waals surface area (Å²) in [5, 5.41) is 24.8. The van der Waals surface area contributed by atoms with Crippen LogP contribution in [0.2, 0.25) is 0 Å². The summed E-state index contributed by atoms with van der Waals surface area (Å²) in [4.78, 5) is 102. The van der Waals surface area contributed by atoms with Crippen molar-refractivity contribution in [3.63, 3.8) is 0 Å². The first-order chi connectivity index (χ1) is 30.4. The summed E-state index contributed by atoms with van der Waals surface area (Å²) in [6.07, 6.45) is 7.47. The summed E-state index contributed by atoms with van der Waals surface area (Å²) in [6, 6.07) is 10.8. The van der Waals surface area contributed by atoms with Gasteiger partial charge in [-0.3, -0.25) is 39.0 Å². The normalized spacial score (nSPS) is 24.5. The molecule has 2 aromatic rings. The van der Waals surface area contributed by atoms with Gasteiger partial charge in [-0.05, 0) is 67.6 Å². The number of nitrogens with one attached hydrogen (secondary N) is 7. The molecule has 17 heteroatoms. The Hall–Kier alpha value is -6.00. The van der Waals surface area contributed by atoms with E-state index in [4.69, 9.17) is 11.1 Å². The van der Waals surface area contributed by atoms with Crippen LogP contribution in [0.5, 0.6) is 0 Å². The molecule has 2 saturated heterocycles. The Morgan fingerprint density at radius 3 is 2.22 bits per heavy atom. The van der Waals surface area contributed by atoms with Gasteiger partial charge in [-0.1, -0.05) is 86.7 Å². The molecular formula is C46H64N10O7. The minimum atomic E-state index is -1.12. The summed E-state index contributed by atoms with van der Waals surface area (Å²) < 4.78 is 0. The number of carbonyl (C=O) groups is 7. The number of fused-ring (bicyclic) bond motifs is 3. The van der Waals surface area contributed by atoms with Crippen LogP contribution in [0.25, 0.3) is 0 Å². The Morgan fingerprint density at radius 2 is 1.49 bits per heavy atom. The van der Waals surface area contributed by atoms with E-state index in [0.29, 0.717) is 25.7 Å². The molecule has 0 aromatic heterocycles. The van der Waals surface area contributed by atoms with Crippen molar-refractivity contribution in [2.24, 2.45) is 11.7 Å². The zero-order valence-electron chi connectivity index (χ0n) is 36.3. The predicted molar refractivity (Wildman–Crippen MR) is 235 cm³/mol. The fourth-order valence-electron chi connectivity index (χ4n) is 9.48. The zero-order valence-corrected chi connectivity index (χ0v) is 36.3. The molecule has 3 fully saturated rings. The summed E-state index contributed by atoms with van der Waals surface area (Å²) in [6.45, 7) is 2.07. The Morgan fingerprint density at radius 1 is 0.794 bits per heavy atom. The van der Waals surface area contributed by atoms with Crippen molar-refractivity contribution in [2.75, 3.05) is 19.6 Å². The third-order valence-corrected chi connectivity index (χ3v) is 12.8. The summed E-state index contributed by atoms with van der Waals surface area (Å²) in [7, 11) is 0. The van der Waals surface area contributed by atoms with E-state index >= 15 is 4.79 Å². The van der Waals surface area contributed by atoms with Crippen LogP contribution in [-0.2, 0) is 52.9 Å². The maximum absolute atomic E-state index is 15.0. The van der Waals surface area contributed by atoms with E-state index in [-0.39, 0.29) is 70.2 Å². The molecule has 0 unspecified atom stereocenters. The van der Waals surface area contributed by atoms with E-state index in [0.717, 1.165) is 48.8 Å². The number of nitrogens with two attached hydrogens (primary N) is 1. The standard InChI is InChI=1S/C46H64N10O7/c1-29(57)51-36(25-30-13-4-2-5-14-30)41(59)53-35-20-11-22-49-40(58)34(19-10-23-50-46(47)48)52-43(61)39-27-32-17-8-9-18-33(32)28-56(39)45(63)37(26-31-15-6-3-7-16-31)54-42(60)38-21-12-24-55(38)44(35)62/h2,4-5,8-9,13-14,17-18,31,34-39H,3,6-7,10-12,15-16,19-28H2,1H3,(H,49,58)(H,51,57)(H,52,61)(H,53,59)(H,54,60)(H4,47,48,50)/t34-,35-,36-,37+,38-,39-/m0/s1. The molecule has 6 rings (SSSR count). The highest BCUT2D eigenvalue weighted by Crippen LogP contribution is 2.31. The van der Waals surface area contributed by atoms with Gasteiger partial charge in [-0.25, -0.2) is 0 Å². The molecule has 9 N–H and O–H groups in total. The molecule has 4 aliphatic rings. The fraction of sp³-hybridized carbons (Fsp3) is 0.565. The van der Waals surface area contributed by atoms with Crippen LogP contribution in [0, 0.1) is 11.3 Å². The molecule has 0 spiro atoms. The Balaban J connectivity index is 1.32. The molecule has 1 saturated carbocycles. The monoisotopic (exact) mass is 868 g/mol. The van der Waals surface area contributed by atoms with Gasteiger partial charge >= 0.3 is 0 Å². The minimum Gasteiger partial charge on any atom is -0.370 e. The molecule has 3 heterocycles. The van der Waals surface area contributed by atoms with Crippen LogP contribution in [0.1, 0.15) is 101 Å². The smallest absolute Gasteiger partial charge is 0.246 e. The second kappa shape index (κ2) is 22.4. The third kappa shape index (κ3) is 12.8. The number of hydrogen-bond donors (Lipinski definition) is 8. The highest BCUT2D eigenvalue weighted by molar-refractivity contribution is 5.97. The van der Waals surface area contributed by atoms with Gasteiger partial charge < -0.3 is 47.4 Å². The van der Waals surface area contributed by atoms with E-state index in [9.17, 15) is 28.8 Å². The van der Waals surface area contributed by atoms with E-state index in [1.54, 1.807) is 0 Å². The van der Waals surface area contributed by atoms with Crippen molar-refractivity contribution in [1.82, 2.24) is 41.7 Å². The van der Waals surface area contributed by atoms with E-state index in [2.05, 4.69) is 31.9 Å². The molecule has 3 aliphatic heterocycles. The Bertz CT molecular complexity index is 1970. The molecule has 17 nitrogen and oxygen atoms in total. The van der Waals surface area contributed by atoms with Crippen LogP contribution in [0.15, 0.2) is 54.6 Å². The van der Waals surface area contributed by atoms with Crippen molar-refractivity contribution in [3.05, 3.63) is 71.3 Å². The molecule has 0 radical (unpaired) electrons. The van der Waals surface area contributed by atoms with Gasteiger partial charge in [0.2, 0.25) is 41.4 Å². The van der Waals surface area contributed by atoms with Gasteiger partial charge in [-0.2, -0.15) is 0 Å². The fourth-order valence-corrected chi connectivity index (χ4v) is 9.48. The molecule has 0 bridgehead atoms. The van der Waals surface area contributed by atoms with Gasteiger partial charge in [-0.15, -0.1) is 0 Å². The largest absolute Gasteiger partial charge is 0.370 e. The average Bonchev–Trinajstić information content (AvgIpc) is 3.77. The number of hydrogen-bond acceptors (Lipinski definition) is 8. The molecule has 1 aliphatic carbocycles. The lowest BCUT2D eigenvalue weighted by Crippen LogP contribution is -2.61. The SMILES string of the molecule is CC(=O)N[C@@H](Cc1ccccc1)C(=O)N[C@H]1CCCNC(=O)[C@H](CCCNC(=N)N)NC(=O)[C@@H]2Cc3ccccc3CN2C(=O)[C@@H](CC2CCCCC2)NC(=O)[C@@H]2CCCN2C1=O. The van der Waals surface area contributed by atoms with Gasteiger partial charge in [0.05, 0.1) is 0 Å². The van der Waals surface area contributed by atoms with E-state index in [1.165, 1.54) is 16.7 Å². The highest BCUT2D eigenvalue weighted by atomic mass is 16.2. The van der Waals surface area contributed by atoms with E-state index < -0.39 is 77.6 Å². The lowest BCUT2D eigenvalue weighted by molar-refractivity contribution is -0.147. The lowest BCUT2D eigenvalue weighted by atomic mass is 9.84. The van der Waals surface area contributed by atoms with Crippen LogP contribution in [0.4, 0.5) is 0 Å². The van der Waals surface area contributed by atoms with Gasteiger partial charge in [0.1, 0.15) is 36.3 Å². The van der Waals surface area contributed by atoms with Crippen molar-refractivity contribution in [1.29, 1.82) is 5.41 Å². The second-order valence-electron chi connectivity index (χ2n) is 17.4. The van der Waals surface area contributed by atoms with Crippen molar-refractivity contribution < 1.29 is 33.6 Å². The first-order valence-electron chi connectivity index (χ1n) is 22.6. The maximum Gasteiger partial charge on any atom is 0.246 e. The van der Waals surface area contributed by atoms with Gasteiger partial charge in [0.25, 0.3) is 0 Å². The quantitative estimate of drug-likeness (QED) is 0.0920. The lowest BCUT2D eigenvalue weighted by Gasteiger charge is -2.39. The molecule has 7 amide bonds. The number of rotatable bonds is 11. The second-order valence-corrected chi connectivity index (χ2v) is 17.4. The Kier molecular flexibility index (Phi) is 16.5. The van der Waals surface area contributed by atoms with Crippen LogP contribution >= 0.6 is 0 Å². The summed E-state index contributed by atoms with van der Waals surface area (Å²) in [5.74, 6) is -3.36. The molecule has 2 aromatic carbocycles. The number of amides is 7. The first kappa shape index (κ1) is 46.5. The summed E-state index contributed by atoms with van der Waals surface area (Å²) in [5.41, 5.74) is 8.09. The molecule has 63 heavy (non-hydrogen) atoms. The van der Waals surface area contributed by atoms with Crippen LogP contribution in [-0.4, -0.2) is 113 Å². The Labute approximate surface area is 369 Å². The maximum atomic E-state index is 15.0. The van der Waals surface area contributed by atoms with Crippen molar-refractivity contribution in [2.45, 2.75) is 140 Å². The third-order valence-electron chi connectivity index (χ3n) is 12.8. The number of nitrogens with zero attached hydrogens (tertiary/aromatic N) is 2. The minimum absolute atomic E-state index is 0.0872. The van der Waals surface area contributed by atoms with Crippen LogP contribution < -0.4 is 37.6 Å². The van der Waals surface area contributed by atoms with Gasteiger partial charge in [0, 0.05) is 45.9 Å². The number of benzene rings is 2. The molecular weight excluding hydrogens is 805 g/mol. The zero-order chi connectivity index (χ0) is 44.9. The molecule has 6 atom stereocenters. The predicted octanol–water partition coefficient (Wildman–Crippen LogP) is 1.28. The first-order valence-corrected chi connectivity index (χ1v) is 22.6.